The van der Waals surface area contributed by atoms with Crippen molar-refractivity contribution >= 4 is 10.9 Å². The third-order valence-corrected chi connectivity index (χ3v) is 2.13. The van der Waals surface area contributed by atoms with Crippen LogP contribution >= 0.6 is 0 Å². The molecule has 0 amide bonds. The molecule has 0 unspecified atom stereocenters. The van der Waals surface area contributed by atoms with Gasteiger partial charge in [-0.15, -0.1) is 0 Å². The number of aromatic amines is 1. The molecule has 3 nitrogen and oxygen atoms in total. The summed E-state index contributed by atoms with van der Waals surface area (Å²) in [7, 11) is 1.75. The number of nitrogens with one attached hydrogen (secondary N) is 1. The van der Waals surface area contributed by atoms with Crippen molar-refractivity contribution in [2.75, 3.05) is 0 Å². The molecule has 0 aliphatic rings. The van der Waals surface area contributed by atoms with E-state index < -0.39 is 0 Å². The van der Waals surface area contributed by atoms with Gasteiger partial charge in [-0.2, -0.15) is 0 Å². The van der Waals surface area contributed by atoms with Gasteiger partial charge in [-0.1, -0.05) is 0 Å². The molecule has 0 saturated carbocycles. The number of aromatic nitrogens is 2. The van der Waals surface area contributed by atoms with Crippen LogP contribution < -0.4 is 5.56 Å². The van der Waals surface area contributed by atoms with E-state index in [1.807, 2.05) is 19.2 Å². The van der Waals surface area contributed by atoms with Crippen molar-refractivity contribution in [1.82, 2.24) is 9.55 Å². The van der Waals surface area contributed by atoms with Crippen molar-refractivity contribution in [2.24, 2.45) is 7.05 Å². The summed E-state index contributed by atoms with van der Waals surface area (Å²) < 4.78 is 1.57. The molecule has 2 rings (SSSR count). The maximum atomic E-state index is 11.5. The molecule has 0 atom stereocenters. The van der Waals surface area contributed by atoms with Gasteiger partial charge in [-0.3, -0.25) is 4.79 Å². The Morgan fingerprint density at radius 3 is 3.00 bits per heavy atom. The summed E-state index contributed by atoms with van der Waals surface area (Å²) in [6, 6.07) is 1.95. The molecule has 0 aliphatic carbocycles. The quantitative estimate of drug-likeness (QED) is 0.620. The van der Waals surface area contributed by atoms with Crippen molar-refractivity contribution in [3.63, 3.8) is 0 Å². The zero-order valence-corrected chi connectivity index (χ0v) is 7.09. The number of nitrogens with zero attached hydrogens (tertiary/aromatic N) is 1. The van der Waals surface area contributed by atoms with Gasteiger partial charge in [-0.25, -0.2) is 0 Å². The molecule has 0 fully saturated rings. The average molecular weight is 162 g/mol. The highest BCUT2D eigenvalue weighted by atomic mass is 16.1. The molecule has 1 N–H and O–H groups in total. The number of hydrogen-bond acceptors (Lipinski definition) is 1. The van der Waals surface area contributed by atoms with Crippen LogP contribution in [0.3, 0.4) is 0 Å². The lowest BCUT2D eigenvalue weighted by atomic mass is 10.2. The zero-order valence-electron chi connectivity index (χ0n) is 7.09. The Morgan fingerprint density at radius 1 is 1.50 bits per heavy atom. The summed E-state index contributed by atoms with van der Waals surface area (Å²) in [5.74, 6) is 0. The summed E-state index contributed by atoms with van der Waals surface area (Å²) in [5, 5.41) is 1.01. The van der Waals surface area contributed by atoms with Crippen LogP contribution in [-0.2, 0) is 7.05 Å². The lowest BCUT2D eigenvalue weighted by molar-refractivity contribution is 0.870. The van der Waals surface area contributed by atoms with Gasteiger partial charge in [0.25, 0.3) is 5.56 Å². The molecule has 0 radical (unpaired) electrons. The predicted molar refractivity (Wildman–Crippen MR) is 48.3 cm³/mol. The molecule has 12 heavy (non-hydrogen) atoms. The Bertz CT molecular complexity index is 479. The summed E-state index contributed by atoms with van der Waals surface area (Å²) in [6.07, 6.45) is 3.64. The molecule has 0 aliphatic heterocycles. The summed E-state index contributed by atoms with van der Waals surface area (Å²) in [4.78, 5) is 14.4. The number of rotatable bonds is 0. The smallest absolute Gasteiger partial charge is 0.274 e. The van der Waals surface area contributed by atoms with E-state index in [9.17, 15) is 4.79 Å². The standard InChI is InChI=1S/C9H10N2O/c1-6-5-10-8-7(6)3-4-11(2)9(8)12/h3-5,10H,1-2H3. The number of H-pyrrole nitrogens is 1. The summed E-state index contributed by atoms with van der Waals surface area (Å²) in [5.41, 5.74) is 1.83. The van der Waals surface area contributed by atoms with Gasteiger partial charge in [0.05, 0.1) is 0 Å². The second kappa shape index (κ2) is 2.24. The maximum absolute atomic E-state index is 11.5. The van der Waals surface area contributed by atoms with Crippen LogP contribution in [0, 0.1) is 6.92 Å². The maximum Gasteiger partial charge on any atom is 0.274 e. The molecule has 3 heteroatoms. The van der Waals surface area contributed by atoms with Crippen LogP contribution in [0.2, 0.25) is 0 Å². The first kappa shape index (κ1) is 7.16. The van der Waals surface area contributed by atoms with Crippen LogP contribution in [-0.4, -0.2) is 9.55 Å². The van der Waals surface area contributed by atoms with Crippen LogP contribution in [0.4, 0.5) is 0 Å². The third kappa shape index (κ3) is 0.794. The van der Waals surface area contributed by atoms with E-state index in [-0.39, 0.29) is 5.56 Å². The van der Waals surface area contributed by atoms with Gasteiger partial charge in [0.2, 0.25) is 0 Å². The fourth-order valence-corrected chi connectivity index (χ4v) is 1.36. The van der Waals surface area contributed by atoms with Crippen molar-refractivity contribution in [3.05, 3.63) is 34.4 Å². The van der Waals surface area contributed by atoms with Crippen LogP contribution in [0.25, 0.3) is 10.9 Å². The van der Waals surface area contributed by atoms with E-state index in [1.165, 1.54) is 0 Å². The third-order valence-electron chi connectivity index (χ3n) is 2.13. The fraction of sp³-hybridized carbons (Fsp3) is 0.222. The van der Waals surface area contributed by atoms with Crippen molar-refractivity contribution < 1.29 is 0 Å². The number of fused-ring (bicyclic) bond motifs is 1. The average Bonchev–Trinajstić information content (AvgIpc) is 2.41. The van der Waals surface area contributed by atoms with Gasteiger partial charge in [0, 0.05) is 24.8 Å². The largest absolute Gasteiger partial charge is 0.356 e. The fourth-order valence-electron chi connectivity index (χ4n) is 1.36. The zero-order chi connectivity index (χ0) is 8.72. The summed E-state index contributed by atoms with van der Waals surface area (Å²) >= 11 is 0. The monoisotopic (exact) mass is 162 g/mol. The van der Waals surface area contributed by atoms with Crippen molar-refractivity contribution in [1.29, 1.82) is 0 Å². The molecule has 2 aromatic rings. The molecule has 0 spiro atoms. The molecule has 0 saturated heterocycles. The van der Waals surface area contributed by atoms with Crippen molar-refractivity contribution in [3.8, 4) is 0 Å². The number of pyridine rings is 1. The van der Waals surface area contributed by atoms with E-state index in [0.717, 1.165) is 10.9 Å². The lowest BCUT2D eigenvalue weighted by Crippen LogP contribution is -2.15. The highest BCUT2D eigenvalue weighted by Crippen LogP contribution is 2.12. The van der Waals surface area contributed by atoms with Gasteiger partial charge in [0.15, 0.2) is 0 Å². The molecular weight excluding hydrogens is 152 g/mol. The molecule has 2 aromatic heterocycles. The number of hydrogen-bond donors (Lipinski definition) is 1. The normalized spacial score (nSPS) is 10.8. The van der Waals surface area contributed by atoms with E-state index in [2.05, 4.69) is 4.98 Å². The minimum absolute atomic E-state index is 0.0283. The molecule has 0 aromatic carbocycles. The Hall–Kier alpha value is -1.51. The van der Waals surface area contributed by atoms with Gasteiger partial charge >= 0.3 is 0 Å². The first-order chi connectivity index (χ1) is 5.70. The van der Waals surface area contributed by atoms with Crippen LogP contribution in [0.5, 0.6) is 0 Å². The second-order valence-corrected chi connectivity index (χ2v) is 2.99. The van der Waals surface area contributed by atoms with Crippen molar-refractivity contribution in [2.45, 2.75) is 6.92 Å². The Balaban J connectivity index is 3.03. The van der Waals surface area contributed by atoms with E-state index in [1.54, 1.807) is 17.8 Å². The minimum Gasteiger partial charge on any atom is -0.356 e. The predicted octanol–water partition coefficient (Wildman–Crippen LogP) is 1.18. The Labute approximate surface area is 69.6 Å². The van der Waals surface area contributed by atoms with Gasteiger partial charge in [0.1, 0.15) is 5.52 Å². The van der Waals surface area contributed by atoms with Crippen LogP contribution in [0.1, 0.15) is 5.56 Å². The highest BCUT2D eigenvalue weighted by Gasteiger charge is 2.02. The number of aryl methyl sites for hydroxylation is 2. The van der Waals surface area contributed by atoms with E-state index >= 15 is 0 Å². The topological polar surface area (TPSA) is 37.8 Å². The van der Waals surface area contributed by atoms with Gasteiger partial charge < -0.3 is 9.55 Å². The lowest BCUT2D eigenvalue weighted by Gasteiger charge is -1.95. The van der Waals surface area contributed by atoms with E-state index in [4.69, 9.17) is 0 Å². The second-order valence-electron chi connectivity index (χ2n) is 2.99. The van der Waals surface area contributed by atoms with Gasteiger partial charge in [-0.05, 0) is 18.6 Å². The first-order valence-corrected chi connectivity index (χ1v) is 3.83. The van der Waals surface area contributed by atoms with E-state index in [0.29, 0.717) is 5.52 Å². The SMILES string of the molecule is Cc1c[nH]c2c(=O)n(C)ccc12. The molecule has 2 heterocycles. The molecular formula is C9H10N2O. The first-order valence-electron chi connectivity index (χ1n) is 3.83. The Kier molecular flexibility index (Phi) is 1.33. The Morgan fingerprint density at radius 2 is 2.25 bits per heavy atom. The molecule has 62 valence electrons. The minimum atomic E-state index is 0.0283. The highest BCUT2D eigenvalue weighted by molar-refractivity contribution is 5.81. The summed E-state index contributed by atoms with van der Waals surface area (Å²) in [6.45, 7) is 1.98. The van der Waals surface area contributed by atoms with Crippen LogP contribution in [0.15, 0.2) is 23.3 Å². The molecule has 0 bridgehead atoms.